The van der Waals surface area contributed by atoms with Gasteiger partial charge in [0.15, 0.2) is 0 Å². The number of benzene rings is 1. The molecule has 0 aliphatic carbocycles. The third-order valence-corrected chi connectivity index (χ3v) is 4.01. The van der Waals surface area contributed by atoms with E-state index in [0.717, 1.165) is 31.7 Å². The van der Waals surface area contributed by atoms with Gasteiger partial charge >= 0.3 is 0 Å². The topological polar surface area (TPSA) is 26.7 Å². The molecule has 1 N–H and O–H groups in total. The molecule has 3 nitrogen and oxygen atoms in total. The van der Waals surface area contributed by atoms with Crippen LogP contribution in [0.4, 0.5) is 5.69 Å². The van der Waals surface area contributed by atoms with Crippen molar-refractivity contribution in [3.05, 3.63) is 29.3 Å². The molecule has 0 spiro atoms. The second-order valence-electron chi connectivity index (χ2n) is 6.42. The van der Waals surface area contributed by atoms with Crippen molar-refractivity contribution in [3.63, 3.8) is 0 Å². The summed E-state index contributed by atoms with van der Waals surface area (Å²) in [5.41, 5.74) is 3.83. The Bertz CT molecular complexity index is 429. The Labute approximate surface area is 116 Å². The van der Waals surface area contributed by atoms with E-state index in [9.17, 15) is 0 Å². The van der Waals surface area contributed by atoms with Crippen molar-refractivity contribution in [2.75, 3.05) is 31.1 Å². The maximum Gasteiger partial charge on any atom is 0.0681 e. The van der Waals surface area contributed by atoms with Gasteiger partial charge in [-0.1, -0.05) is 12.1 Å². The predicted octanol–water partition coefficient (Wildman–Crippen LogP) is 2.41. The van der Waals surface area contributed by atoms with E-state index in [4.69, 9.17) is 5.11 Å². The van der Waals surface area contributed by atoms with Gasteiger partial charge in [-0.2, -0.15) is 0 Å². The maximum absolute atomic E-state index is 9.17. The normalized spacial score (nSPS) is 17.8. The summed E-state index contributed by atoms with van der Waals surface area (Å²) < 4.78 is 0. The van der Waals surface area contributed by atoms with Gasteiger partial charge in [-0.25, -0.2) is 0 Å². The lowest BCUT2D eigenvalue weighted by Crippen LogP contribution is -2.53. The quantitative estimate of drug-likeness (QED) is 0.886. The first-order valence-corrected chi connectivity index (χ1v) is 7.12. The van der Waals surface area contributed by atoms with Crippen LogP contribution in [0.5, 0.6) is 0 Å². The average Bonchev–Trinajstić information content (AvgIpc) is 2.37. The minimum absolute atomic E-state index is 0.124. The van der Waals surface area contributed by atoms with E-state index < -0.39 is 0 Å². The highest BCUT2D eigenvalue weighted by Crippen LogP contribution is 2.24. The molecule has 1 aromatic rings. The summed E-state index contributed by atoms with van der Waals surface area (Å²) in [6.07, 6.45) is 0. The smallest absolute Gasteiger partial charge is 0.0681 e. The number of rotatable bonds is 2. The van der Waals surface area contributed by atoms with E-state index >= 15 is 0 Å². The van der Waals surface area contributed by atoms with Crippen LogP contribution in [0.25, 0.3) is 0 Å². The number of nitrogens with zero attached hydrogens (tertiary/aromatic N) is 2. The highest BCUT2D eigenvalue weighted by atomic mass is 16.3. The van der Waals surface area contributed by atoms with Crippen LogP contribution < -0.4 is 4.90 Å². The number of anilines is 1. The average molecular weight is 262 g/mol. The maximum atomic E-state index is 9.17. The molecule has 19 heavy (non-hydrogen) atoms. The van der Waals surface area contributed by atoms with E-state index in [2.05, 4.69) is 49.6 Å². The van der Waals surface area contributed by atoms with Gasteiger partial charge in [-0.15, -0.1) is 0 Å². The van der Waals surface area contributed by atoms with Crippen LogP contribution in [0, 0.1) is 6.92 Å². The fourth-order valence-corrected chi connectivity index (χ4v) is 2.79. The molecule has 1 fully saturated rings. The lowest BCUT2D eigenvalue weighted by atomic mass is 10.0. The number of aryl methyl sites for hydroxylation is 1. The van der Waals surface area contributed by atoms with Crippen LogP contribution in [0.3, 0.4) is 0 Å². The number of aliphatic hydroxyl groups excluding tert-OH is 1. The zero-order valence-electron chi connectivity index (χ0n) is 12.6. The van der Waals surface area contributed by atoms with E-state index in [1.54, 1.807) is 0 Å². The second-order valence-corrected chi connectivity index (χ2v) is 6.42. The first-order valence-electron chi connectivity index (χ1n) is 7.12. The third kappa shape index (κ3) is 3.28. The molecular formula is C16H26N2O. The van der Waals surface area contributed by atoms with Crippen molar-refractivity contribution in [1.29, 1.82) is 0 Å². The summed E-state index contributed by atoms with van der Waals surface area (Å²) in [6, 6.07) is 6.26. The van der Waals surface area contributed by atoms with Crippen molar-refractivity contribution in [1.82, 2.24) is 4.90 Å². The van der Waals surface area contributed by atoms with Crippen LogP contribution in [-0.4, -0.2) is 41.7 Å². The number of aliphatic hydroxyl groups is 1. The predicted molar refractivity (Wildman–Crippen MR) is 80.6 cm³/mol. The van der Waals surface area contributed by atoms with Gasteiger partial charge in [-0.05, 0) is 44.9 Å². The Kier molecular flexibility index (Phi) is 4.16. The number of hydrogen-bond donors (Lipinski definition) is 1. The van der Waals surface area contributed by atoms with Crippen molar-refractivity contribution < 1.29 is 5.11 Å². The van der Waals surface area contributed by atoms with Crippen molar-refractivity contribution in [3.8, 4) is 0 Å². The molecule has 3 heteroatoms. The highest BCUT2D eigenvalue weighted by Gasteiger charge is 2.26. The molecule has 1 aliphatic rings. The molecule has 0 amide bonds. The molecule has 106 valence electrons. The molecule has 0 bridgehead atoms. The summed E-state index contributed by atoms with van der Waals surface area (Å²) in [5, 5.41) is 9.17. The first kappa shape index (κ1) is 14.4. The Morgan fingerprint density at radius 3 is 2.21 bits per heavy atom. The molecule has 1 aliphatic heterocycles. The molecule has 0 aromatic heterocycles. The third-order valence-electron chi connectivity index (χ3n) is 4.01. The van der Waals surface area contributed by atoms with Gasteiger partial charge in [0.25, 0.3) is 0 Å². The summed E-state index contributed by atoms with van der Waals surface area (Å²) in [7, 11) is 0. The standard InChI is InChI=1S/C16H26N2O/c1-13-11-14(12-19)5-6-15(13)17-7-9-18(10-8-17)16(2,3)4/h5-6,11,19H,7-10,12H2,1-4H3. The molecule has 0 atom stereocenters. The molecule has 2 rings (SSSR count). The molecule has 1 saturated heterocycles. The van der Waals surface area contributed by atoms with Crippen molar-refractivity contribution >= 4 is 5.69 Å². The van der Waals surface area contributed by atoms with Crippen LogP contribution >= 0.6 is 0 Å². The lowest BCUT2D eigenvalue weighted by molar-refractivity contribution is 0.128. The molecule has 0 saturated carbocycles. The number of hydrogen-bond acceptors (Lipinski definition) is 3. The lowest BCUT2D eigenvalue weighted by Gasteiger charge is -2.43. The summed E-state index contributed by atoms with van der Waals surface area (Å²) >= 11 is 0. The molecule has 1 aromatic carbocycles. The molecule has 0 unspecified atom stereocenters. The minimum atomic E-state index is 0.124. The Morgan fingerprint density at radius 1 is 1.11 bits per heavy atom. The Morgan fingerprint density at radius 2 is 1.74 bits per heavy atom. The molecule has 0 radical (unpaired) electrons. The fourth-order valence-electron chi connectivity index (χ4n) is 2.79. The van der Waals surface area contributed by atoms with Gasteiger partial charge in [0.1, 0.15) is 0 Å². The van der Waals surface area contributed by atoms with E-state index in [0.29, 0.717) is 0 Å². The highest BCUT2D eigenvalue weighted by molar-refractivity contribution is 5.54. The summed E-state index contributed by atoms with van der Waals surface area (Å²) in [6.45, 7) is 13.5. The molecular weight excluding hydrogens is 236 g/mol. The SMILES string of the molecule is Cc1cc(CO)ccc1N1CCN(C(C)(C)C)CC1. The van der Waals surface area contributed by atoms with Gasteiger partial charge in [0.05, 0.1) is 6.61 Å². The summed E-state index contributed by atoms with van der Waals surface area (Å²) in [5.74, 6) is 0. The fraction of sp³-hybridized carbons (Fsp3) is 0.625. The van der Waals surface area contributed by atoms with Gasteiger partial charge < -0.3 is 10.0 Å². The van der Waals surface area contributed by atoms with Gasteiger partial charge in [0, 0.05) is 37.4 Å². The number of piperazine rings is 1. The van der Waals surface area contributed by atoms with Crippen molar-refractivity contribution in [2.45, 2.75) is 39.8 Å². The van der Waals surface area contributed by atoms with E-state index in [1.165, 1.54) is 11.3 Å². The van der Waals surface area contributed by atoms with Gasteiger partial charge in [-0.3, -0.25) is 4.90 Å². The molecule has 1 heterocycles. The summed E-state index contributed by atoms with van der Waals surface area (Å²) in [4.78, 5) is 5.00. The Hall–Kier alpha value is -1.06. The first-order chi connectivity index (χ1) is 8.91. The zero-order valence-corrected chi connectivity index (χ0v) is 12.6. The van der Waals surface area contributed by atoms with Gasteiger partial charge in [0.2, 0.25) is 0 Å². The van der Waals surface area contributed by atoms with E-state index in [-0.39, 0.29) is 12.1 Å². The van der Waals surface area contributed by atoms with Crippen LogP contribution in [0.1, 0.15) is 31.9 Å². The zero-order chi connectivity index (χ0) is 14.0. The second kappa shape index (κ2) is 5.51. The monoisotopic (exact) mass is 262 g/mol. The van der Waals surface area contributed by atoms with Crippen LogP contribution in [0.15, 0.2) is 18.2 Å². The Balaban J connectivity index is 2.06. The minimum Gasteiger partial charge on any atom is -0.392 e. The van der Waals surface area contributed by atoms with E-state index in [1.807, 2.05) is 6.07 Å². The van der Waals surface area contributed by atoms with Crippen LogP contribution in [-0.2, 0) is 6.61 Å². The van der Waals surface area contributed by atoms with Crippen LogP contribution in [0.2, 0.25) is 0 Å². The van der Waals surface area contributed by atoms with Crippen molar-refractivity contribution in [2.24, 2.45) is 0 Å². The largest absolute Gasteiger partial charge is 0.392 e.